The molecule has 3 unspecified atom stereocenters. The van der Waals surface area contributed by atoms with Crippen LogP contribution in [0.25, 0.3) is 6.08 Å². The minimum Gasteiger partial charge on any atom is -0.507 e. The number of phenols is 1. The average Bonchev–Trinajstić information content (AvgIpc) is 2.58. The first-order chi connectivity index (χ1) is 12.3. The van der Waals surface area contributed by atoms with Crippen LogP contribution in [-0.2, 0) is 9.53 Å². The number of aliphatic hydroxyl groups is 2. The Morgan fingerprint density at radius 1 is 1.19 bits per heavy atom. The first-order valence-corrected chi connectivity index (χ1v) is 8.18. The number of hydrogen-bond donors (Lipinski definition) is 3. The molecule has 1 aromatic rings. The third-order valence-corrected chi connectivity index (χ3v) is 3.91. The van der Waals surface area contributed by atoms with Crippen molar-refractivity contribution < 1.29 is 34.4 Å². The Kier molecular flexibility index (Phi) is 6.54. The van der Waals surface area contributed by atoms with Crippen molar-refractivity contribution in [2.75, 3.05) is 7.11 Å². The van der Waals surface area contributed by atoms with Crippen LogP contribution in [0.15, 0.2) is 30.4 Å². The Balaban J connectivity index is 2.47. The van der Waals surface area contributed by atoms with E-state index in [0.29, 0.717) is 5.75 Å². The predicted octanol–water partition coefficient (Wildman–Crippen LogP) is 1.60. The number of esters is 1. The summed E-state index contributed by atoms with van der Waals surface area (Å²) in [5, 5.41) is 30.0. The molecule has 0 aromatic heterocycles. The van der Waals surface area contributed by atoms with Crippen molar-refractivity contribution in [1.82, 2.24) is 0 Å². The second kappa shape index (κ2) is 8.64. The van der Waals surface area contributed by atoms with Crippen LogP contribution in [0.4, 0.5) is 0 Å². The van der Waals surface area contributed by atoms with Crippen molar-refractivity contribution in [3.8, 4) is 11.5 Å². The zero-order chi connectivity index (χ0) is 19.3. The molecule has 0 bridgehead atoms. The molecule has 1 aliphatic rings. The van der Waals surface area contributed by atoms with Crippen molar-refractivity contribution in [1.29, 1.82) is 0 Å². The van der Waals surface area contributed by atoms with Crippen LogP contribution in [0.2, 0.25) is 0 Å². The van der Waals surface area contributed by atoms with Gasteiger partial charge >= 0.3 is 5.97 Å². The predicted molar refractivity (Wildman–Crippen MR) is 94.0 cm³/mol. The fourth-order valence-electron chi connectivity index (χ4n) is 2.51. The summed E-state index contributed by atoms with van der Waals surface area (Å²) in [6, 6.07) is 2.80. The van der Waals surface area contributed by atoms with Gasteiger partial charge in [0, 0.05) is 18.9 Å². The maximum atomic E-state index is 12.5. The normalized spacial score (nSPS) is 27.0. The molecule has 3 atom stereocenters. The van der Waals surface area contributed by atoms with E-state index in [1.54, 1.807) is 6.92 Å². The highest BCUT2D eigenvalue weighted by Crippen LogP contribution is 2.30. The van der Waals surface area contributed by atoms with Crippen molar-refractivity contribution in [2.45, 2.75) is 38.1 Å². The summed E-state index contributed by atoms with van der Waals surface area (Å²) < 4.78 is 10.4. The van der Waals surface area contributed by atoms with Crippen molar-refractivity contribution in [2.24, 2.45) is 0 Å². The Labute approximate surface area is 151 Å². The largest absolute Gasteiger partial charge is 0.507 e. The minimum atomic E-state index is -1.34. The second-order valence-electron chi connectivity index (χ2n) is 6.05. The van der Waals surface area contributed by atoms with Crippen molar-refractivity contribution in [3.63, 3.8) is 0 Å². The lowest BCUT2D eigenvalue weighted by Crippen LogP contribution is -2.24. The number of cyclic esters (lactones) is 1. The molecule has 0 saturated carbocycles. The smallest absolute Gasteiger partial charge is 0.342 e. The topological polar surface area (TPSA) is 113 Å². The van der Waals surface area contributed by atoms with Gasteiger partial charge in [-0.05, 0) is 24.6 Å². The van der Waals surface area contributed by atoms with E-state index in [-0.39, 0.29) is 29.7 Å². The standard InChI is InChI=1S/C19H22O7/c1-11-4-3-5-15(21)16(22)9-13(20)7-6-12-8-14(25-2)10-17(23)18(12)19(24)26-11/h3,5-8,10-11,13,16,20,22-23H,4,9H2,1-2H3/b5-3-,7-6+. The maximum Gasteiger partial charge on any atom is 0.342 e. The van der Waals surface area contributed by atoms with Gasteiger partial charge in [0.2, 0.25) is 0 Å². The van der Waals surface area contributed by atoms with E-state index in [4.69, 9.17) is 9.47 Å². The zero-order valence-electron chi connectivity index (χ0n) is 14.6. The molecule has 140 valence electrons. The molecular formula is C19H22O7. The van der Waals surface area contributed by atoms with Crippen LogP contribution in [0.5, 0.6) is 11.5 Å². The van der Waals surface area contributed by atoms with Gasteiger partial charge in [0.05, 0.1) is 13.2 Å². The van der Waals surface area contributed by atoms with E-state index in [0.717, 1.165) is 0 Å². The van der Waals surface area contributed by atoms with Crippen molar-refractivity contribution >= 4 is 17.8 Å². The van der Waals surface area contributed by atoms with Crippen LogP contribution in [0.1, 0.15) is 35.7 Å². The number of carbonyl (C=O) groups is 2. The number of carbonyl (C=O) groups excluding carboxylic acids is 2. The molecule has 7 nitrogen and oxygen atoms in total. The lowest BCUT2D eigenvalue weighted by molar-refractivity contribution is -0.123. The third kappa shape index (κ3) is 4.93. The maximum absolute atomic E-state index is 12.5. The molecule has 0 spiro atoms. The van der Waals surface area contributed by atoms with Gasteiger partial charge in [-0.15, -0.1) is 0 Å². The summed E-state index contributed by atoms with van der Waals surface area (Å²) in [4.78, 5) is 24.3. The highest BCUT2D eigenvalue weighted by atomic mass is 16.5. The number of ketones is 1. The summed E-state index contributed by atoms with van der Waals surface area (Å²) in [5.74, 6) is -1.26. The van der Waals surface area contributed by atoms with Crippen LogP contribution in [0, 0.1) is 0 Å². The summed E-state index contributed by atoms with van der Waals surface area (Å²) in [6.07, 6.45) is 2.48. The number of aromatic hydroxyl groups is 1. The van der Waals surface area contributed by atoms with E-state index < -0.39 is 30.1 Å². The Morgan fingerprint density at radius 2 is 1.92 bits per heavy atom. The van der Waals surface area contributed by atoms with Gasteiger partial charge in [-0.2, -0.15) is 0 Å². The molecular weight excluding hydrogens is 340 g/mol. The summed E-state index contributed by atoms with van der Waals surface area (Å²) in [5.41, 5.74) is 0.227. The number of methoxy groups -OCH3 is 1. The highest BCUT2D eigenvalue weighted by molar-refractivity contribution is 5.97. The number of aliphatic hydroxyl groups excluding tert-OH is 2. The quantitative estimate of drug-likeness (QED) is 0.650. The molecule has 3 N–H and O–H groups in total. The molecule has 7 heteroatoms. The highest BCUT2D eigenvalue weighted by Gasteiger charge is 2.22. The fraction of sp³-hybridized carbons (Fsp3) is 0.368. The van der Waals surface area contributed by atoms with Crippen LogP contribution in [0.3, 0.4) is 0 Å². The number of hydrogen-bond acceptors (Lipinski definition) is 7. The second-order valence-corrected chi connectivity index (χ2v) is 6.05. The van der Waals surface area contributed by atoms with Gasteiger partial charge in [0.15, 0.2) is 5.78 Å². The number of rotatable bonds is 1. The van der Waals surface area contributed by atoms with E-state index in [2.05, 4.69) is 0 Å². The van der Waals surface area contributed by atoms with Gasteiger partial charge in [-0.1, -0.05) is 18.2 Å². The molecule has 2 rings (SSSR count). The molecule has 1 aliphatic heterocycles. The first kappa shape index (κ1) is 19.7. The van der Waals surface area contributed by atoms with Gasteiger partial charge < -0.3 is 24.8 Å². The molecule has 1 heterocycles. The molecule has 0 saturated heterocycles. The van der Waals surface area contributed by atoms with E-state index >= 15 is 0 Å². The van der Waals surface area contributed by atoms with Gasteiger partial charge in [0.1, 0.15) is 29.3 Å². The number of benzene rings is 1. The first-order valence-electron chi connectivity index (χ1n) is 8.18. The Hall–Kier alpha value is -2.64. The van der Waals surface area contributed by atoms with E-state index in [1.807, 2.05) is 0 Å². The molecule has 0 aliphatic carbocycles. The average molecular weight is 362 g/mol. The molecule has 0 amide bonds. The summed E-state index contributed by atoms with van der Waals surface area (Å²) in [7, 11) is 1.41. The number of ether oxygens (including phenoxy) is 2. The molecule has 0 fully saturated rings. The van der Waals surface area contributed by atoms with E-state index in [1.165, 1.54) is 43.5 Å². The summed E-state index contributed by atoms with van der Waals surface area (Å²) >= 11 is 0. The SMILES string of the molecule is COc1cc(O)c2c(c1)/C=C/C(O)CC(O)C(=O)/C=C\CC(C)OC2=O. The van der Waals surface area contributed by atoms with Crippen molar-refractivity contribution in [3.05, 3.63) is 41.5 Å². The number of phenolic OH excluding ortho intramolecular Hbond substituents is 1. The van der Waals surface area contributed by atoms with Gasteiger partial charge in [-0.25, -0.2) is 4.79 Å². The molecule has 1 aromatic carbocycles. The van der Waals surface area contributed by atoms with E-state index in [9.17, 15) is 24.9 Å². The number of fused-ring (bicyclic) bond motifs is 1. The Bertz CT molecular complexity index is 736. The zero-order valence-corrected chi connectivity index (χ0v) is 14.6. The Morgan fingerprint density at radius 3 is 2.62 bits per heavy atom. The van der Waals surface area contributed by atoms with Crippen LogP contribution >= 0.6 is 0 Å². The summed E-state index contributed by atoms with van der Waals surface area (Å²) in [6.45, 7) is 1.65. The van der Waals surface area contributed by atoms with Crippen LogP contribution < -0.4 is 4.74 Å². The minimum absolute atomic E-state index is 0.0567. The molecule has 0 radical (unpaired) electrons. The lowest BCUT2D eigenvalue weighted by atomic mass is 10.0. The third-order valence-electron chi connectivity index (χ3n) is 3.91. The monoisotopic (exact) mass is 362 g/mol. The molecule has 26 heavy (non-hydrogen) atoms. The fourth-order valence-corrected chi connectivity index (χ4v) is 2.51. The van der Waals surface area contributed by atoms with Crippen LogP contribution in [-0.4, -0.2) is 52.5 Å². The van der Waals surface area contributed by atoms with Gasteiger partial charge in [0.25, 0.3) is 0 Å². The van der Waals surface area contributed by atoms with Gasteiger partial charge in [-0.3, -0.25) is 4.79 Å². The lowest BCUT2D eigenvalue weighted by Gasteiger charge is -2.16.